The van der Waals surface area contributed by atoms with Gasteiger partial charge in [0.05, 0.1) is 17.4 Å². The highest BCUT2D eigenvalue weighted by Gasteiger charge is 2.20. The molecule has 1 N–H and O–H groups in total. The number of hydrogen-bond donors (Lipinski definition) is 1. The van der Waals surface area contributed by atoms with Crippen molar-refractivity contribution in [3.05, 3.63) is 29.8 Å². The molecule has 152 valence electrons. The topological polar surface area (TPSA) is 84.9 Å². The minimum atomic E-state index is -0.566. The lowest BCUT2D eigenvalue weighted by Crippen LogP contribution is -2.34. The van der Waals surface area contributed by atoms with Crippen LogP contribution < -0.4 is 5.32 Å². The molecule has 1 atom stereocenters. The Hall–Kier alpha value is -2.06. The summed E-state index contributed by atoms with van der Waals surface area (Å²) < 4.78 is 10.6. The molecule has 0 saturated carbocycles. The Labute approximate surface area is 169 Å². The molecule has 3 rings (SSSR count). The molecule has 0 bridgehead atoms. The highest BCUT2D eigenvalue weighted by Crippen LogP contribution is 2.24. The third-order valence-corrected chi connectivity index (χ3v) is 5.86. The van der Waals surface area contributed by atoms with Crippen LogP contribution in [-0.4, -0.2) is 67.4 Å². The second kappa shape index (κ2) is 10.5. The Morgan fingerprint density at radius 3 is 2.71 bits per heavy atom. The summed E-state index contributed by atoms with van der Waals surface area (Å²) in [4.78, 5) is 39.0. The fourth-order valence-corrected chi connectivity index (χ4v) is 4.19. The molecule has 2 amide bonds. The van der Waals surface area contributed by atoms with Gasteiger partial charge in [-0.3, -0.25) is 9.59 Å². The number of benzene rings is 1. The first-order chi connectivity index (χ1) is 13.6. The van der Waals surface area contributed by atoms with Crippen molar-refractivity contribution in [1.82, 2.24) is 10.2 Å². The van der Waals surface area contributed by atoms with E-state index in [0.29, 0.717) is 17.0 Å². The second-order valence-corrected chi connectivity index (χ2v) is 7.91. The normalized spacial score (nSPS) is 18.9. The minimum absolute atomic E-state index is 0.0462. The molecule has 8 heteroatoms. The molecule has 0 aliphatic carbocycles. The van der Waals surface area contributed by atoms with Crippen LogP contribution in [0.3, 0.4) is 0 Å². The van der Waals surface area contributed by atoms with E-state index in [9.17, 15) is 14.4 Å². The Balaban J connectivity index is 1.46. The van der Waals surface area contributed by atoms with Gasteiger partial charge in [0.25, 0.3) is 5.91 Å². The number of nitrogens with one attached hydrogen (secondary N) is 1. The molecule has 1 aromatic rings. The summed E-state index contributed by atoms with van der Waals surface area (Å²) >= 11 is 1.32. The number of carbonyl (C=O) groups is 3. The first-order valence-corrected chi connectivity index (χ1v) is 10.7. The Morgan fingerprint density at radius 1 is 1.18 bits per heavy atom. The van der Waals surface area contributed by atoms with Crippen molar-refractivity contribution < 1.29 is 23.9 Å². The lowest BCUT2D eigenvalue weighted by Gasteiger charge is -2.15. The second-order valence-electron chi connectivity index (χ2n) is 6.89. The molecule has 0 aromatic heterocycles. The van der Waals surface area contributed by atoms with Crippen LogP contribution in [0, 0.1) is 0 Å². The number of carbonyl (C=O) groups excluding carboxylic acids is 3. The first kappa shape index (κ1) is 20.7. The number of esters is 1. The summed E-state index contributed by atoms with van der Waals surface area (Å²) in [7, 11) is 0. The van der Waals surface area contributed by atoms with Crippen LogP contribution in [-0.2, 0) is 19.1 Å². The van der Waals surface area contributed by atoms with E-state index in [1.165, 1.54) is 11.8 Å². The van der Waals surface area contributed by atoms with Crippen LogP contribution in [0.5, 0.6) is 0 Å². The zero-order valence-corrected chi connectivity index (χ0v) is 16.7. The van der Waals surface area contributed by atoms with E-state index in [-0.39, 0.29) is 30.3 Å². The summed E-state index contributed by atoms with van der Waals surface area (Å²) in [6.07, 6.45) is 4.08. The molecule has 1 aromatic carbocycles. The van der Waals surface area contributed by atoms with Crippen molar-refractivity contribution in [1.29, 1.82) is 0 Å². The molecule has 2 aliphatic heterocycles. The van der Waals surface area contributed by atoms with Gasteiger partial charge in [-0.2, -0.15) is 0 Å². The Kier molecular flexibility index (Phi) is 7.73. The fourth-order valence-electron chi connectivity index (χ4n) is 3.25. The Bertz CT molecular complexity index is 700. The molecule has 28 heavy (non-hydrogen) atoms. The number of ether oxygens (including phenoxy) is 2. The van der Waals surface area contributed by atoms with E-state index in [1.54, 1.807) is 18.2 Å². The van der Waals surface area contributed by atoms with E-state index in [4.69, 9.17) is 9.47 Å². The van der Waals surface area contributed by atoms with Crippen molar-refractivity contribution in [2.24, 2.45) is 0 Å². The van der Waals surface area contributed by atoms with Crippen LogP contribution in [0.25, 0.3) is 0 Å². The SMILES string of the molecule is O=C(COC(=O)c1ccccc1SCC(=O)N1CCCC1)NCC1CCCO1. The quantitative estimate of drug-likeness (QED) is 0.524. The summed E-state index contributed by atoms with van der Waals surface area (Å²) in [5.41, 5.74) is 0.369. The van der Waals surface area contributed by atoms with Crippen molar-refractivity contribution in [3.63, 3.8) is 0 Å². The number of thioether (sulfide) groups is 1. The predicted molar refractivity (Wildman–Crippen MR) is 105 cm³/mol. The average molecular weight is 407 g/mol. The summed E-state index contributed by atoms with van der Waals surface area (Å²) in [5.74, 6) is -0.548. The lowest BCUT2D eigenvalue weighted by molar-refractivity contribution is -0.127. The highest BCUT2D eigenvalue weighted by molar-refractivity contribution is 8.00. The number of amides is 2. The summed E-state index contributed by atoms with van der Waals surface area (Å²) in [6.45, 7) is 2.44. The number of rotatable bonds is 8. The maximum Gasteiger partial charge on any atom is 0.339 e. The highest BCUT2D eigenvalue weighted by atomic mass is 32.2. The van der Waals surface area contributed by atoms with E-state index < -0.39 is 5.97 Å². The fraction of sp³-hybridized carbons (Fsp3) is 0.550. The van der Waals surface area contributed by atoms with Gasteiger partial charge in [-0.05, 0) is 37.8 Å². The predicted octanol–water partition coefficient (Wildman–Crippen LogP) is 1.85. The molecular weight excluding hydrogens is 380 g/mol. The van der Waals surface area contributed by atoms with Crippen molar-refractivity contribution >= 4 is 29.5 Å². The van der Waals surface area contributed by atoms with Gasteiger partial charge in [-0.15, -0.1) is 11.8 Å². The van der Waals surface area contributed by atoms with Gasteiger partial charge in [0.15, 0.2) is 6.61 Å². The smallest absolute Gasteiger partial charge is 0.339 e. The van der Waals surface area contributed by atoms with Gasteiger partial charge >= 0.3 is 5.97 Å². The van der Waals surface area contributed by atoms with Crippen LogP contribution in [0.15, 0.2) is 29.2 Å². The standard InChI is InChI=1S/C20H26N2O5S/c23-18(21-12-15-6-5-11-26-15)13-27-20(25)16-7-1-2-8-17(16)28-14-19(24)22-9-3-4-10-22/h1-2,7-8,15H,3-6,9-14H2,(H,21,23). The van der Waals surface area contributed by atoms with E-state index in [1.807, 2.05) is 11.0 Å². The van der Waals surface area contributed by atoms with Gasteiger partial charge in [0.2, 0.25) is 5.91 Å². The first-order valence-electron chi connectivity index (χ1n) is 9.68. The van der Waals surface area contributed by atoms with Crippen molar-refractivity contribution in [2.45, 2.75) is 36.7 Å². The minimum Gasteiger partial charge on any atom is -0.452 e. The third-order valence-electron chi connectivity index (χ3n) is 4.80. The maximum atomic E-state index is 12.4. The summed E-state index contributed by atoms with van der Waals surface area (Å²) in [6, 6.07) is 6.99. The van der Waals surface area contributed by atoms with E-state index in [0.717, 1.165) is 45.4 Å². The zero-order chi connectivity index (χ0) is 19.8. The number of hydrogen-bond acceptors (Lipinski definition) is 6. The molecular formula is C20H26N2O5S. The molecule has 2 saturated heterocycles. The molecule has 2 fully saturated rings. The zero-order valence-electron chi connectivity index (χ0n) is 15.9. The molecule has 0 spiro atoms. The van der Waals surface area contributed by atoms with Gasteiger partial charge in [-0.25, -0.2) is 4.79 Å². The largest absolute Gasteiger partial charge is 0.452 e. The van der Waals surface area contributed by atoms with Crippen LogP contribution in [0.4, 0.5) is 0 Å². The third kappa shape index (κ3) is 5.97. The maximum absolute atomic E-state index is 12.4. The van der Waals surface area contributed by atoms with E-state index in [2.05, 4.69) is 5.32 Å². The van der Waals surface area contributed by atoms with Crippen molar-refractivity contribution in [2.75, 3.05) is 38.6 Å². The lowest BCUT2D eigenvalue weighted by atomic mass is 10.2. The molecule has 1 unspecified atom stereocenters. The molecule has 7 nitrogen and oxygen atoms in total. The van der Waals surface area contributed by atoms with Gasteiger partial charge in [-0.1, -0.05) is 12.1 Å². The van der Waals surface area contributed by atoms with Gasteiger partial charge < -0.3 is 19.7 Å². The van der Waals surface area contributed by atoms with Crippen LogP contribution in [0.2, 0.25) is 0 Å². The molecule has 0 radical (unpaired) electrons. The number of nitrogens with zero attached hydrogens (tertiary/aromatic N) is 1. The molecule has 2 aliphatic rings. The van der Waals surface area contributed by atoms with Gasteiger partial charge in [0, 0.05) is 31.1 Å². The van der Waals surface area contributed by atoms with Gasteiger partial charge in [0.1, 0.15) is 0 Å². The summed E-state index contributed by atoms with van der Waals surface area (Å²) in [5, 5.41) is 2.72. The number of likely N-dealkylation sites (tertiary alicyclic amines) is 1. The van der Waals surface area contributed by atoms with E-state index >= 15 is 0 Å². The Morgan fingerprint density at radius 2 is 1.96 bits per heavy atom. The monoisotopic (exact) mass is 406 g/mol. The van der Waals surface area contributed by atoms with Crippen molar-refractivity contribution in [3.8, 4) is 0 Å². The van der Waals surface area contributed by atoms with Crippen LogP contribution >= 0.6 is 11.8 Å². The van der Waals surface area contributed by atoms with Crippen LogP contribution in [0.1, 0.15) is 36.0 Å². The average Bonchev–Trinajstić information content (AvgIpc) is 3.43. The molecule has 2 heterocycles.